The highest BCUT2D eigenvalue weighted by Gasteiger charge is 2.45. The molecule has 52 heavy (non-hydrogen) atoms. The number of likely N-dealkylation sites (N-methyl/N-ethyl adjacent to an activating group) is 1. The number of likely N-dealkylation sites (tertiary alicyclic amines) is 1. The van der Waals surface area contributed by atoms with E-state index in [-0.39, 0.29) is 29.3 Å². The van der Waals surface area contributed by atoms with E-state index in [0.29, 0.717) is 55.2 Å². The van der Waals surface area contributed by atoms with E-state index in [1.54, 1.807) is 6.07 Å². The van der Waals surface area contributed by atoms with Gasteiger partial charge < -0.3 is 24.0 Å². The summed E-state index contributed by atoms with van der Waals surface area (Å²) < 4.78 is 36.2. The Morgan fingerprint density at radius 2 is 1.73 bits per heavy atom. The molecule has 1 amide bonds. The molecule has 2 bridgehead atoms. The average molecular weight is 755 g/mol. The lowest BCUT2D eigenvalue weighted by atomic mass is 9.65. The predicted octanol–water partition coefficient (Wildman–Crippen LogP) is 6.51. The molecule has 1 aliphatic carbocycles. The standard InChI is InChI=1S/C41H59ClN4O5S/c1-6-8-28-17-32(42)13-15-35(28)31-20-46-19-30-11-14-36(30)37(41-50-24-34(25-51-41)45-21-33(22-45)44(4)5)10-7-9-26(2)27(3)52(48)43-40(47)29-12-16-39(49-23-31)38(46)18-29/h12-13,15-18,26-27,30-31,33-34,36-37,41H,6-11,14,19-25H2,1-5H3,(H,43,47). The van der Waals surface area contributed by atoms with Gasteiger partial charge in [-0.25, -0.2) is 4.21 Å². The largest absolute Gasteiger partial charge is 0.491 e. The topological polar surface area (TPSA) is 83.6 Å². The Balaban J connectivity index is 1.17. The molecule has 3 fully saturated rings. The van der Waals surface area contributed by atoms with Crippen molar-refractivity contribution in [2.45, 2.75) is 95.3 Å². The first kappa shape index (κ1) is 38.1. The van der Waals surface area contributed by atoms with Crippen LogP contribution in [0.5, 0.6) is 5.75 Å². The van der Waals surface area contributed by atoms with Gasteiger partial charge in [0.2, 0.25) is 0 Å². The van der Waals surface area contributed by atoms with E-state index in [0.717, 1.165) is 87.6 Å². The normalized spacial score (nSPS) is 33.6. The molecule has 4 aliphatic heterocycles. The molecule has 7 unspecified atom stereocenters. The molecule has 7 atom stereocenters. The highest BCUT2D eigenvalue weighted by Crippen LogP contribution is 2.47. The Hall–Kier alpha value is -2.21. The Morgan fingerprint density at radius 1 is 0.942 bits per heavy atom. The minimum Gasteiger partial charge on any atom is -0.491 e. The molecule has 2 saturated heterocycles. The Labute approximate surface area is 318 Å². The van der Waals surface area contributed by atoms with Crippen LogP contribution in [0.4, 0.5) is 5.69 Å². The number of benzene rings is 2. The summed E-state index contributed by atoms with van der Waals surface area (Å²) in [6, 6.07) is 12.9. The number of rotatable bonds is 6. The van der Waals surface area contributed by atoms with E-state index < -0.39 is 11.0 Å². The van der Waals surface area contributed by atoms with Crippen LogP contribution in [0, 0.1) is 23.7 Å². The predicted molar refractivity (Wildman–Crippen MR) is 209 cm³/mol. The summed E-state index contributed by atoms with van der Waals surface area (Å²) in [7, 11) is 2.81. The Bertz CT molecular complexity index is 1580. The second-order valence-corrected chi connectivity index (χ2v) is 18.4. The van der Waals surface area contributed by atoms with E-state index in [4.69, 9.17) is 25.8 Å². The maximum atomic E-state index is 13.5. The van der Waals surface area contributed by atoms with Gasteiger partial charge in [0.05, 0.1) is 36.8 Å². The molecule has 2 aromatic carbocycles. The minimum atomic E-state index is -1.51. The van der Waals surface area contributed by atoms with Crippen LogP contribution < -0.4 is 14.4 Å². The number of nitrogens with zero attached hydrogens (tertiary/aromatic N) is 3. The van der Waals surface area contributed by atoms with Gasteiger partial charge in [0.15, 0.2) is 6.29 Å². The number of carbonyl (C=O) groups is 1. The Kier molecular flexibility index (Phi) is 12.2. The maximum Gasteiger partial charge on any atom is 0.263 e. The van der Waals surface area contributed by atoms with Crippen LogP contribution in [0.15, 0.2) is 36.4 Å². The van der Waals surface area contributed by atoms with E-state index in [1.165, 1.54) is 11.1 Å². The van der Waals surface area contributed by atoms with Gasteiger partial charge >= 0.3 is 0 Å². The third-order valence-electron chi connectivity index (χ3n) is 12.9. The van der Waals surface area contributed by atoms with Gasteiger partial charge in [-0.15, -0.1) is 0 Å². The molecule has 1 saturated carbocycles. The van der Waals surface area contributed by atoms with Gasteiger partial charge in [0.1, 0.15) is 16.7 Å². The number of hydrogen-bond acceptors (Lipinski definition) is 8. The summed E-state index contributed by atoms with van der Waals surface area (Å²) in [6.07, 6.45) is 7.06. The van der Waals surface area contributed by atoms with E-state index >= 15 is 0 Å². The molecular weight excluding hydrogens is 696 g/mol. The quantitative estimate of drug-likeness (QED) is 0.358. The summed E-state index contributed by atoms with van der Waals surface area (Å²) in [5.41, 5.74) is 3.99. The molecule has 0 aromatic heterocycles. The van der Waals surface area contributed by atoms with Gasteiger partial charge in [0, 0.05) is 54.6 Å². The zero-order chi connectivity index (χ0) is 36.5. The van der Waals surface area contributed by atoms with Crippen LogP contribution in [-0.4, -0.2) is 104 Å². The molecular formula is C41H59ClN4O5S. The molecule has 5 aliphatic rings. The van der Waals surface area contributed by atoms with Crippen molar-refractivity contribution in [2.24, 2.45) is 23.7 Å². The summed E-state index contributed by atoms with van der Waals surface area (Å²) >= 11 is 6.50. The van der Waals surface area contributed by atoms with Crippen LogP contribution in [0.3, 0.4) is 0 Å². The smallest absolute Gasteiger partial charge is 0.263 e. The second kappa shape index (κ2) is 16.7. The van der Waals surface area contributed by atoms with Crippen molar-refractivity contribution in [1.82, 2.24) is 14.5 Å². The van der Waals surface area contributed by atoms with Gasteiger partial charge in [-0.2, -0.15) is 0 Å². The number of anilines is 1. The van der Waals surface area contributed by atoms with Crippen LogP contribution in [0.2, 0.25) is 5.02 Å². The first-order valence-electron chi connectivity index (χ1n) is 19.7. The average Bonchev–Trinajstić information content (AvgIpc) is 3.27. The number of ether oxygens (including phenoxy) is 3. The molecule has 9 nitrogen and oxygen atoms in total. The van der Waals surface area contributed by atoms with Gasteiger partial charge in [-0.3, -0.25) is 14.4 Å². The zero-order valence-electron chi connectivity index (χ0n) is 31.7. The van der Waals surface area contributed by atoms with Crippen LogP contribution >= 0.6 is 11.6 Å². The molecule has 4 heterocycles. The SMILES string of the molecule is CCCc1cc(Cl)ccc1C1COc2ccc3cc2N(C1)CC1CCC1C(C1OCC(N2CC(N(C)C)C2)CO1)CCCC(C)C(C)S(=O)NC3=O. The van der Waals surface area contributed by atoms with Gasteiger partial charge in [-0.1, -0.05) is 44.4 Å². The van der Waals surface area contributed by atoms with E-state index in [1.807, 2.05) is 25.1 Å². The first-order valence-corrected chi connectivity index (χ1v) is 21.3. The van der Waals surface area contributed by atoms with Crippen molar-refractivity contribution in [3.8, 4) is 5.75 Å². The van der Waals surface area contributed by atoms with Crippen LogP contribution in [0.25, 0.3) is 0 Å². The lowest BCUT2D eigenvalue weighted by molar-refractivity contribution is -0.248. The highest BCUT2D eigenvalue weighted by atomic mass is 35.5. The van der Waals surface area contributed by atoms with E-state index in [9.17, 15) is 9.00 Å². The van der Waals surface area contributed by atoms with E-state index in [2.05, 4.69) is 59.5 Å². The fourth-order valence-electron chi connectivity index (χ4n) is 9.12. The third-order valence-corrected chi connectivity index (χ3v) is 14.7. The summed E-state index contributed by atoms with van der Waals surface area (Å²) in [4.78, 5) is 20.8. The molecule has 0 spiro atoms. The van der Waals surface area contributed by atoms with Gasteiger partial charge in [0.25, 0.3) is 5.91 Å². The van der Waals surface area contributed by atoms with Crippen LogP contribution in [0.1, 0.15) is 86.7 Å². The van der Waals surface area contributed by atoms with Crippen molar-refractivity contribution in [3.63, 3.8) is 0 Å². The van der Waals surface area contributed by atoms with Crippen molar-refractivity contribution in [2.75, 3.05) is 65.0 Å². The van der Waals surface area contributed by atoms with Crippen LogP contribution in [-0.2, 0) is 26.9 Å². The fraction of sp³-hybridized carbons (Fsp3) is 0.683. The highest BCUT2D eigenvalue weighted by molar-refractivity contribution is 7.84. The van der Waals surface area contributed by atoms with Crippen molar-refractivity contribution < 1.29 is 23.2 Å². The summed E-state index contributed by atoms with van der Waals surface area (Å²) in [5.74, 6) is 2.04. The molecule has 7 rings (SSSR count). The molecule has 1 N–H and O–H groups in total. The lowest BCUT2D eigenvalue weighted by Crippen LogP contribution is -2.64. The molecule has 2 aromatic rings. The maximum absolute atomic E-state index is 13.5. The number of hydrogen-bond donors (Lipinski definition) is 1. The first-order chi connectivity index (χ1) is 25.1. The number of nitrogens with one attached hydrogen (secondary N) is 1. The zero-order valence-corrected chi connectivity index (χ0v) is 33.3. The Morgan fingerprint density at radius 3 is 2.44 bits per heavy atom. The number of carbonyl (C=O) groups excluding carboxylic acids is 1. The summed E-state index contributed by atoms with van der Waals surface area (Å²) in [5, 5.41) is 0.589. The minimum absolute atomic E-state index is 0.133. The number of aryl methyl sites for hydroxylation is 1. The van der Waals surface area contributed by atoms with Crippen molar-refractivity contribution in [3.05, 3.63) is 58.1 Å². The molecule has 11 heteroatoms. The van der Waals surface area contributed by atoms with Crippen molar-refractivity contribution >= 4 is 34.2 Å². The van der Waals surface area contributed by atoms with Gasteiger partial charge in [-0.05, 0) is 112 Å². The molecule has 0 radical (unpaired) electrons. The lowest BCUT2D eigenvalue weighted by Gasteiger charge is -2.51. The fourth-order valence-corrected chi connectivity index (χ4v) is 10.4. The number of fused-ring (bicyclic) bond motifs is 2. The second-order valence-electron chi connectivity index (χ2n) is 16.5. The summed E-state index contributed by atoms with van der Waals surface area (Å²) in [6.45, 7) is 12.1. The molecule has 286 valence electrons. The monoisotopic (exact) mass is 754 g/mol. The number of amides is 1. The third kappa shape index (κ3) is 8.22. The van der Waals surface area contributed by atoms with Crippen molar-refractivity contribution in [1.29, 1.82) is 0 Å². The number of halogens is 1.